The van der Waals surface area contributed by atoms with E-state index in [0.29, 0.717) is 48.5 Å². The van der Waals surface area contributed by atoms with Crippen molar-refractivity contribution in [1.82, 2.24) is 15.1 Å². The Labute approximate surface area is 316 Å². The Morgan fingerprint density at radius 2 is 1.46 bits per heavy atom. The SMILES string of the molecule is CC(C)(C)OC(=O)CCOCCOCCOCCNC(=O)c1cccc(C(=O)Nc2ccc(Cl)cc2CNc2ccn(-c3cccc(C(F)(F)F)c3)n2)c1. The Morgan fingerprint density at radius 3 is 2.17 bits per heavy atom. The van der Waals surface area contributed by atoms with Gasteiger partial charge in [0.15, 0.2) is 0 Å². The lowest BCUT2D eigenvalue weighted by Crippen LogP contribution is -2.28. The summed E-state index contributed by atoms with van der Waals surface area (Å²) in [6, 6.07) is 17.6. The first-order valence-corrected chi connectivity index (χ1v) is 17.5. The third-order valence-corrected chi connectivity index (χ3v) is 7.57. The molecule has 4 aromatic rings. The fraction of sp³-hybridized carbons (Fsp3) is 0.368. The summed E-state index contributed by atoms with van der Waals surface area (Å²) >= 11 is 6.24. The number of carbonyl (C=O) groups excluding carboxylic acids is 3. The summed E-state index contributed by atoms with van der Waals surface area (Å²) in [7, 11) is 0. The summed E-state index contributed by atoms with van der Waals surface area (Å²) < 4.78 is 62.3. The first-order chi connectivity index (χ1) is 25.7. The smallest absolute Gasteiger partial charge is 0.416 e. The molecule has 0 atom stereocenters. The number of hydrogen-bond acceptors (Lipinski definition) is 9. The van der Waals surface area contributed by atoms with Gasteiger partial charge in [-0.2, -0.15) is 18.3 Å². The van der Waals surface area contributed by atoms with Gasteiger partial charge in [0.1, 0.15) is 11.4 Å². The number of rotatable bonds is 19. The van der Waals surface area contributed by atoms with E-state index in [0.717, 1.165) is 12.1 Å². The van der Waals surface area contributed by atoms with Gasteiger partial charge in [-0.25, -0.2) is 4.68 Å². The van der Waals surface area contributed by atoms with Gasteiger partial charge in [-0.05, 0) is 80.9 Å². The number of carbonyl (C=O) groups is 3. The monoisotopic (exact) mass is 773 g/mol. The largest absolute Gasteiger partial charge is 0.460 e. The molecule has 0 spiro atoms. The molecule has 1 aromatic heterocycles. The zero-order chi connectivity index (χ0) is 39.1. The summed E-state index contributed by atoms with van der Waals surface area (Å²) in [4.78, 5) is 37.7. The van der Waals surface area contributed by atoms with Crippen LogP contribution in [-0.2, 0) is 36.5 Å². The second-order valence-electron chi connectivity index (χ2n) is 12.8. The molecule has 0 saturated heterocycles. The molecule has 12 nitrogen and oxygen atoms in total. The third kappa shape index (κ3) is 14.1. The molecule has 3 aromatic carbocycles. The normalized spacial score (nSPS) is 11.6. The quantitative estimate of drug-likeness (QED) is 0.0684. The van der Waals surface area contributed by atoms with E-state index in [4.69, 9.17) is 30.5 Å². The van der Waals surface area contributed by atoms with Crippen molar-refractivity contribution in [2.24, 2.45) is 0 Å². The minimum atomic E-state index is -4.48. The number of alkyl halides is 3. The fourth-order valence-electron chi connectivity index (χ4n) is 4.83. The number of anilines is 2. The predicted octanol–water partition coefficient (Wildman–Crippen LogP) is 6.92. The van der Waals surface area contributed by atoms with Crippen LogP contribution < -0.4 is 16.0 Å². The number of amides is 2. The summed E-state index contributed by atoms with van der Waals surface area (Å²) in [6.07, 6.45) is -2.78. The second-order valence-corrected chi connectivity index (χ2v) is 13.2. The molecule has 2 amide bonds. The molecule has 290 valence electrons. The topological polar surface area (TPSA) is 142 Å². The van der Waals surface area contributed by atoms with Gasteiger partial charge in [0.25, 0.3) is 11.8 Å². The van der Waals surface area contributed by atoms with Crippen LogP contribution in [0.2, 0.25) is 5.02 Å². The van der Waals surface area contributed by atoms with Crippen LogP contribution in [0.5, 0.6) is 0 Å². The molecule has 0 radical (unpaired) electrons. The molecule has 4 rings (SSSR count). The summed E-state index contributed by atoms with van der Waals surface area (Å²) in [6.45, 7) is 7.66. The van der Waals surface area contributed by atoms with Crippen molar-refractivity contribution in [3.8, 4) is 5.69 Å². The number of hydrogen-bond donors (Lipinski definition) is 3. The molecule has 54 heavy (non-hydrogen) atoms. The van der Waals surface area contributed by atoms with Gasteiger partial charge in [0.2, 0.25) is 0 Å². The van der Waals surface area contributed by atoms with Gasteiger partial charge >= 0.3 is 12.1 Å². The minimum absolute atomic E-state index is 0.170. The van der Waals surface area contributed by atoms with E-state index in [1.807, 2.05) is 0 Å². The molecular formula is C38H43ClF3N5O7. The van der Waals surface area contributed by atoms with Crippen LogP contribution in [-0.4, -0.2) is 79.4 Å². The molecule has 0 unspecified atom stereocenters. The Hall–Kier alpha value is -4.96. The van der Waals surface area contributed by atoms with Crippen LogP contribution in [0.4, 0.5) is 24.7 Å². The molecule has 1 heterocycles. The van der Waals surface area contributed by atoms with E-state index in [9.17, 15) is 27.6 Å². The summed E-state index contributed by atoms with van der Waals surface area (Å²) in [5, 5.41) is 13.5. The van der Waals surface area contributed by atoms with Crippen molar-refractivity contribution in [1.29, 1.82) is 0 Å². The summed E-state index contributed by atoms with van der Waals surface area (Å²) in [5.41, 5.74) is 0.540. The van der Waals surface area contributed by atoms with Crippen molar-refractivity contribution >= 4 is 40.9 Å². The highest BCUT2D eigenvalue weighted by atomic mass is 35.5. The number of ether oxygens (including phenoxy) is 4. The predicted molar refractivity (Wildman–Crippen MR) is 197 cm³/mol. The second kappa shape index (κ2) is 19.9. The molecule has 0 fully saturated rings. The highest BCUT2D eigenvalue weighted by Gasteiger charge is 2.30. The number of esters is 1. The Kier molecular flexibility index (Phi) is 15.4. The lowest BCUT2D eigenvalue weighted by Gasteiger charge is -2.19. The number of nitrogens with zero attached hydrogens (tertiary/aromatic N) is 2. The van der Waals surface area contributed by atoms with Gasteiger partial charge < -0.3 is 34.9 Å². The fourth-order valence-corrected chi connectivity index (χ4v) is 5.02. The van der Waals surface area contributed by atoms with Gasteiger partial charge in [0, 0.05) is 47.2 Å². The van der Waals surface area contributed by atoms with Crippen LogP contribution in [0.15, 0.2) is 79.0 Å². The Morgan fingerprint density at radius 1 is 0.796 bits per heavy atom. The molecule has 0 aliphatic rings. The van der Waals surface area contributed by atoms with Gasteiger partial charge in [-0.3, -0.25) is 14.4 Å². The molecule has 0 bridgehead atoms. The minimum Gasteiger partial charge on any atom is -0.460 e. The molecule has 0 saturated carbocycles. The van der Waals surface area contributed by atoms with Crippen LogP contribution in [0, 0.1) is 0 Å². The van der Waals surface area contributed by atoms with Crippen molar-refractivity contribution < 1.29 is 46.5 Å². The molecule has 0 aliphatic carbocycles. The number of nitrogens with one attached hydrogen (secondary N) is 3. The van der Waals surface area contributed by atoms with Crippen LogP contribution in [0.25, 0.3) is 5.69 Å². The zero-order valence-corrected chi connectivity index (χ0v) is 30.9. The van der Waals surface area contributed by atoms with Gasteiger partial charge in [0.05, 0.1) is 57.3 Å². The van der Waals surface area contributed by atoms with Gasteiger partial charge in [-0.15, -0.1) is 0 Å². The molecule has 0 aliphatic heterocycles. The first-order valence-electron chi connectivity index (χ1n) is 17.1. The number of aromatic nitrogens is 2. The van der Waals surface area contributed by atoms with Crippen molar-refractivity contribution in [3.05, 3.63) is 106 Å². The highest BCUT2D eigenvalue weighted by molar-refractivity contribution is 6.30. The summed E-state index contributed by atoms with van der Waals surface area (Å²) in [5.74, 6) is -0.769. The highest BCUT2D eigenvalue weighted by Crippen LogP contribution is 2.30. The molecular weight excluding hydrogens is 731 g/mol. The van der Waals surface area contributed by atoms with E-state index in [1.165, 1.54) is 29.1 Å². The van der Waals surface area contributed by atoms with E-state index in [2.05, 4.69) is 21.0 Å². The number of halogens is 4. The maximum atomic E-state index is 13.2. The molecule has 16 heteroatoms. The van der Waals surface area contributed by atoms with Crippen molar-refractivity contribution in [3.63, 3.8) is 0 Å². The van der Waals surface area contributed by atoms with Gasteiger partial charge in [-0.1, -0.05) is 23.7 Å². The maximum Gasteiger partial charge on any atom is 0.416 e. The van der Waals surface area contributed by atoms with E-state index < -0.39 is 23.2 Å². The van der Waals surface area contributed by atoms with Crippen LogP contribution in [0.3, 0.4) is 0 Å². The average molecular weight is 774 g/mol. The van der Waals surface area contributed by atoms with E-state index in [1.54, 1.807) is 63.2 Å². The first kappa shape index (κ1) is 41.8. The Bertz CT molecular complexity index is 1860. The lowest BCUT2D eigenvalue weighted by atomic mass is 10.1. The Balaban J connectivity index is 1.18. The van der Waals surface area contributed by atoms with E-state index in [-0.39, 0.29) is 61.4 Å². The van der Waals surface area contributed by atoms with Crippen LogP contribution >= 0.6 is 11.6 Å². The van der Waals surface area contributed by atoms with E-state index >= 15 is 0 Å². The number of benzene rings is 3. The van der Waals surface area contributed by atoms with Crippen molar-refractivity contribution in [2.75, 3.05) is 56.8 Å². The zero-order valence-electron chi connectivity index (χ0n) is 30.1. The van der Waals surface area contributed by atoms with Crippen molar-refractivity contribution in [2.45, 2.75) is 45.5 Å². The average Bonchev–Trinajstić information content (AvgIpc) is 3.60. The third-order valence-electron chi connectivity index (χ3n) is 7.34. The lowest BCUT2D eigenvalue weighted by molar-refractivity contribution is -0.156. The standard InChI is InChI=1S/C38H43ClF3N5O7/c1-37(2,3)54-34(48)13-16-51-18-20-53-21-19-52-17-14-43-35(49)26-6-4-7-27(22-26)36(50)45-32-11-10-30(39)23-28(32)25-44-33-12-15-47(46-33)31-9-5-8-29(24-31)38(40,41)42/h4-12,15,22-24H,13-14,16-21,25H2,1-3H3,(H,43,49)(H,44,46)(H,45,50). The van der Waals surface area contributed by atoms with Crippen LogP contribution in [0.1, 0.15) is 59.0 Å². The maximum absolute atomic E-state index is 13.2. The molecule has 3 N–H and O–H groups in total.